The lowest BCUT2D eigenvalue weighted by Gasteiger charge is -2.36. The summed E-state index contributed by atoms with van der Waals surface area (Å²) < 4.78 is 1.77. The van der Waals surface area contributed by atoms with Crippen molar-refractivity contribution in [3.05, 3.63) is 23.5 Å². The van der Waals surface area contributed by atoms with Crippen LogP contribution in [0.3, 0.4) is 0 Å². The summed E-state index contributed by atoms with van der Waals surface area (Å²) in [6.45, 7) is 3.91. The first kappa shape index (κ1) is 21.9. The van der Waals surface area contributed by atoms with Crippen LogP contribution >= 0.6 is 0 Å². The summed E-state index contributed by atoms with van der Waals surface area (Å²) in [5.41, 5.74) is 14.7. The Kier molecular flexibility index (Phi) is 6.42. The molecule has 2 aliphatic rings. The Morgan fingerprint density at radius 1 is 1.32 bits per heavy atom. The number of amides is 1. The first-order chi connectivity index (χ1) is 14.9. The third kappa shape index (κ3) is 4.52. The molecule has 10 heteroatoms. The number of aryl methyl sites for hydroxylation is 1. The standard InChI is InChI=1S/C21H33N7O3/c1-13-10-28-19(24-20(13)26-7-5-14(22)11-26)9-17(25-28)18-4-2-3-6-27(18)21(31)16(23)8-15(30)12-29/h9-10,14-16,18,29-30H,2-8,11-12,22-23H2,1H3/t14-,15?,16?,18-/m0/s1. The van der Waals surface area contributed by atoms with Crippen LogP contribution in [0.5, 0.6) is 0 Å². The number of anilines is 1. The largest absolute Gasteiger partial charge is 0.394 e. The van der Waals surface area contributed by atoms with Gasteiger partial charge >= 0.3 is 0 Å². The molecule has 10 nitrogen and oxygen atoms in total. The number of rotatable bonds is 6. The van der Waals surface area contributed by atoms with Crippen molar-refractivity contribution in [2.24, 2.45) is 11.5 Å². The van der Waals surface area contributed by atoms with Crippen LogP contribution in [-0.4, -0.2) is 80.0 Å². The zero-order valence-electron chi connectivity index (χ0n) is 18.0. The summed E-state index contributed by atoms with van der Waals surface area (Å²) in [6, 6.07) is 1.09. The number of piperidine rings is 1. The normalized spacial score (nSPS) is 24.0. The van der Waals surface area contributed by atoms with E-state index in [9.17, 15) is 9.90 Å². The molecule has 170 valence electrons. The molecule has 2 aliphatic heterocycles. The van der Waals surface area contributed by atoms with Gasteiger partial charge in [-0.05, 0) is 39.0 Å². The van der Waals surface area contributed by atoms with E-state index in [1.165, 1.54) is 0 Å². The Morgan fingerprint density at radius 3 is 2.84 bits per heavy atom. The van der Waals surface area contributed by atoms with Crippen molar-refractivity contribution in [2.75, 3.05) is 31.1 Å². The number of aliphatic hydroxyl groups is 2. The SMILES string of the molecule is Cc1cn2nc([C@@H]3CCCCN3C(=O)C(N)CC(O)CO)cc2nc1N1CC[C@H](N)C1. The lowest BCUT2D eigenvalue weighted by Crippen LogP contribution is -2.48. The van der Waals surface area contributed by atoms with Crippen LogP contribution in [-0.2, 0) is 4.79 Å². The molecule has 0 spiro atoms. The van der Waals surface area contributed by atoms with Gasteiger partial charge in [0.05, 0.1) is 30.5 Å². The van der Waals surface area contributed by atoms with Crippen LogP contribution in [0, 0.1) is 6.92 Å². The highest BCUT2D eigenvalue weighted by Crippen LogP contribution is 2.32. The molecule has 4 rings (SSSR count). The van der Waals surface area contributed by atoms with E-state index in [-0.39, 0.29) is 24.4 Å². The van der Waals surface area contributed by atoms with Crippen LogP contribution in [0.4, 0.5) is 5.82 Å². The maximum atomic E-state index is 13.0. The fourth-order valence-corrected chi connectivity index (χ4v) is 4.67. The minimum atomic E-state index is -0.998. The molecule has 4 atom stereocenters. The summed E-state index contributed by atoms with van der Waals surface area (Å²) in [5, 5.41) is 23.5. The molecule has 4 heterocycles. The predicted octanol–water partition coefficient (Wildman–Crippen LogP) is -0.301. The summed E-state index contributed by atoms with van der Waals surface area (Å²) in [4.78, 5) is 21.8. The van der Waals surface area contributed by atoms with Gasteiger partial charge in [-0.25, -0.2) is 9.50 Å². The van der Waals surface area contributed by atoms with Crippen LogP contribution in [0.15, 0.2) is 12.3 Å². The third-order valence-electron chi connectivity index (χ3n) is 6.33. The number of likely N-dealkylation sites (tertiary alicyclic amines) is 1. The number of nitrogens with two attached hydrogens (primary N) is 2. The summed E-state index contributed by atoms with van der Waals surface area (Å²) >= 11 is 0. The highest BCUT2D eigenvalue weighted by molar-refractivity contribution is 5.82. The van der Waals surface area contributed by atoms with E-state index < -0.39 is 18.8 Å². The molecular weight excluding hydrogens is 398 g/mol. The quantitative estimate of drug-likeness (QED) is 0.488. The minimum Gasteiger partial charge on any atom is -0.394 e. The minimum absolute atomic E-state index is 0.0335. The van der Waals surface area contributed by atoms with Gasteiger partial charge in [0.15, 0.2) is 5.65 Å². The molecule has 2 saturated heterocycles. The van der Waals surface area contributed by atoms with Gasteiger partial charge in [-0.1, -0.05) is 0 Å². The first-order valence-electron chi connectivity index (χ1n) is 11.1. The van der Waals surface area contributed by atoms with Gasteiger partial charge in [-0.2, -0.15) is 5.10 Å². The van der Waals surface area contributed by atoms with Crippen molar-refractivity contribution in [1.82, 2.24) is 19.5 Å². The first-order valence-corrected chi connectivity index (χ1v) is 11.1. The highest BCUT2D eigenvalue weighted by Gasteiger charge is 2.33. The Morgan fingerprint density at radius 2 is 2.13 bits per heavy atom. The fourth-order valence-electron chi connectivity index (χ4n) is 4.67. The average Bonchev–Trinajstić information content (AvgIpc) is 3.38. The number of fused-ring (bicyclic) bond motifs is 1. The smallest absolute Gasteiger partial charge is 0.240 e. The molecule has 6 N–H and O–H groups in total. The zero-order valence-corrected chi connectivity index (χ0v) is 18.0. The van der Waals surface area contributed by atoms with Crippen molar-refractivity contribution in [3.8, 4) is 0 Å². The summed E-state index contributed by atoms with van der Waals surface area (Å²) in [5.74, 6) is 0.716. The van der Waals surface area contributed by atoms with E-state index in [1.807, 2.05) is 19.2 Å². The maximum absolute atomic E-state index is 13.0. The van der Waals surface area contributed by atoms with E-state index in [4.69, 9.17) is 26.7 Å². The number of carbonyl (C=O) groups excluding carboxylic acids is 1. The van der Waals surface area contributed by atoms with Crippen LogP contribution in [0.2, 0.25) is 0 Å². The zero-order chi connectivity index (χ0) is 22.1. The summed E-state index contributed by atoms with van der Waals surface area (Å²) in [7, 11) is 0. The number of aromatic nitrogens is 3. The van der Waals surface area contributed by atoms with Crippen molar-refractivity contribution in [1.29, 1.82) is 0 Å². The number of carbonyl (C=O) groups is 1. The number of aliphatic hydroxyl groups excluding tert-OH is 2. The lowest BCUT2D eigenvalue weighted by molar-refractivity contribution is -0.137. The van der Waals surface area contributed by atoms with Crippen LogP contribution in [0.1, 0.15) is 49.4 Å². The molecule has 0 saturated carbocycles. The van der Waals surface area contributed by atoms with Gasteiger partial charge in [0.2, 0.25) is 5.91 Å². The van der Waals surface area contributed by atoms with Crippen molar-refractivity contribution < 1.29 is 15.0 Å². The summed E-state index contributed by atoms with van der Waals surface area (Å²) in [6.07, 6.45) is 4.68. The van der Waals surface area contributed by atoms with E-state index in [2.05, 4.69) is 4.90 Å². The topological polar surface area (TPSA) is 146 Å². The molecule has 2 aromatic heterocycles. The Bertz CT molecular complexity index is 933. The second-order valence-corrected chi connectivity index (χ2v) is 8.84. The molecule has 0 aromatic carbocycles. The third-order valence-corrected chi connectivity index (χ3v) is 6.33. The average molecular weight is 432 g/mol. The predicted molar refractivity (Wildman–Crippen MR) is 117 cm³/mol. The van der Waals surface area contributed by atoms with Gasteiger partial charge in [0.25, 0.3) is 0 Å². The van der Waals surface area contributed by atoms with E-state index >= 15 is 0 Å². The Labute approximate surface area is 181 Å². The molecule has 31 heavy (non-hydrogen) atoms. The number of nitrogens with zero attached hydrogens (tertiary/aromatic N) is 5. The van der Waals surface area contributed by atoms with Crippen molar-refractivity contribution in [3.63, 3.8) is 0 Å². The Hall–Kier alpha value is -2.27. The van der Waals surface area contributed by atoms with E-state index in [1.54, 1.807) is 9.42 Å². The van der Waals surface area contributed by atoms with Gasteiger partial charge < -0.3 is 31.5 Å². The molecule has 2 fully saturated rings. The van der Waals surface area contributed by atoms with Gasteiger partial charge in [-0.15, -0.1) is 0 Å². The van der Waals surface area contributed by atoms with E-state index in [0.717, 1.165) is 61.5 Å². The fraction of sp³-hybridized carbons (Fsp3) is 0.667. The number of hydrogen-bond donors (Lipinski definition) is 4. The molecule has 2 aromatic rings. The molecule has 0 radical (unpaired) electrons. The Balaban J connectivity index is 1.59. The molecule has 1 amide bonds. The van der Waals surface area contributed by atoms with Crippen molar-refractivity contribution >= 4 is 17.4 Å². The molecule has 0 aliphatic carbocycles. The second kappa shape index (κ2) is 9.07. The second-order valence-electron chi connectivity index (χ2n) is 8.84. The maximum Gasteiger partial charge on any atom is 0.240 e. The van der Waals surface area contributed by atoms with Gasteiger partial charge in [0.1, 0.15) is 5.82 Å². The van der Waals surface area contributed by atoms with Gasteiger partial charge in [-0.3, -0.25) is 4.79 Å². The molecular formula is C21H33N7O3. The van der Waals surface area contributed by atoms with Crippen LogP contribution < -0.4 is 16.4 Å². The van der Waals surface area contributed by atoms with Gasteiger partial charge in [0, 0.05) is 43.5 Å². The number of hydrogen-bond acceptors (Lipinski definition) is 8. The lowest BCUT2D eigenvalue weighted by atomic mass is 9.97. The van der Waals surface area contributed by atoms with Crippen LogP contribution in [0.25, 0.3) is 5.65 Å². The van der Waals surface area contributed by atoms with E-state index in [0.29, 0.717) is 6.54 Å². The highest BCUT2D eigenvalue weighted by atomic mass is 16.3. The molecule has 2 unspecified atom stereocenters. The van der Waals surface area contributed by atoms with Crippen molar-refractivity contribution in [2.45, 2.75) is 63.3 Å². The monoisotopic (exact) mass is 431 g/mol. The molecule has 0 bridgehead atoms.